The third kappa shape index (κ3) is 2.05. The Morgan fingerprint density at radius 3 is 2.55 bits per heavy atom. The van der Waals surface area contributed by atoms with Gasteiger partial charge in [0.25, 0.3) is 0 Å². The minimum Gasteiger partial charge on any atom is -0.491 e. The fourth-order valence-corrected chi connectivity index (χ4v) is 1.70. The van der Waals surface area contributed by atoms with Crippen LogP contribution in [0.15, 0.2) is 12.1 Å². The van der Waals surface area contributed by atoms with Gasteiger partial charge in [-0.1, -0.05) is 0 Å². The predicted octanol–water partition coefficient (Wildman–Crippen LogP) is 1.47. The fraction of sp³-hybridized carbons (Fsp3) is 0.0833. The van der Waals surface area contributed by atoms with Crippen LogP contribution in [-0.2, 0) is 0 Å². The SMILES string of the molecule is COc1c(F)ccc(-c2nc(N)nc(N)c2C#N)c1F. The number of hydrogen-bond donors (Lipinski definition) is 2. The van der Waals surface area contributed by atoms with Crippen molar-refractivity contribution in [3.05, 3.63) is 29.3 Å². The van der Waals surface area contributed by atoms with Gasteiger partial charge >= 0.3 is 0 Å². The van der Waals surface area contributed by atoms with Crippen molar-refractivity contribution in [2.24, 2.45) is 0 Å². The molecule has 4 N–H and O–H groups in total. The molecule has 0 radical (unpaired) electrons. The van der Waals surface area contributed by atoms with Crippen LogP contribution in [0.5, 0.6) is 5.75 Å². The first-order valence-electron chi connectivity index (χ1n) is 5.35. The Balaban J connectivity index is 2.79. The van der Waals surface area contributed by atoms with Gasteiger partial charge in [-0.2, -0.15) is 10.2 Å². The molecule has 0 spiro atoms. The largest absolute Gasteiger partial charge is 0.491 e. The molecule has 2 aromatic rings. The minimum atomic E-state index is -0.999. The molecular weight excluding hydrogens is 268 g/mol. The van der Waals surface area contributed by atoms with Gasteiger partial charge in [0.05, 0.1) is 12.8 Å². The Labute approximate surface area is 112 Å². The topological polar surface area (TPSA) is 111 Å². The highest BCUT2D eigenvalue weighted by Crippen LogP contribution is 2.33. The smallest absolute Gasteiger partial charge is 0.222 e. The highest BCUT2D eigenvalue weighted by atomic mass is 19.1. The molecule has 102 valence electrons. The van der Waals surface area contributed by atoms with E-state index in [9.17, 15) is 8.78 Å². The minimum absolute atomic E-state index is 0.117. The second kappa shape index (κ2) is 4.97. The summed E-state index contributed by atoms with van der Waals surface area (Å²) in [5.74, 6) is -2.86. The van der Waals surface area contributed by atoms with Crippen LogP contribution in [0.4, 0.5) is 20.5 Å². The van der Waals surface area contributed by atoms with Gasteiger partial charge in [0.15, 0.2) is 17.4 Å². The van der Waals surface area contributed by atoms with Crippen molar-refractivity contribution in [1.82, 2.24) is 9.97 Å². The van der Waals surface area contributed by atoms with Crippen molar-refractivity contribution < 1.29 is 13.5 Å². The molecule has 1 aromatic heterocycles. The molecule has 0 fully saturated rings. The van der Waals surface area contributed by atoms with Crippen LogP contribution in [0.25, 0.3) is 11.3 Å². The summed E-state index contributed by atoms with van der Waals surface area (Å²) in [4.78, 5) is 7.40. The summed E-state index contributed by atoms with van der Waals surface area (Å²) in [6.07, 6.45) is 0. The van der Waals surface area contributed by atoms with E-state index in [-0.39, 0.29) is 28.6 Å². The second-order valence-corrected chi connectivity index (χ2v) is 3.74. The normalized spacial score (nSPS) is 10.1. The van der Waals surface area contributed by atoms with Gasteiger partial charge in [-0.15, -0.1) is 0 Å². The van der Waals surface area contributed by atoms with E-state index in [1.807, 2.05) is 0 Å². The lowest BCUT2D eigenvalue weighted by Crippen LogP contribution is -2.06. The second-order valence-electron chi connectivity index (χ2n) is 3.74. The quantitative estimate of drug-likeness (QED) is 0.859. The number of methoxy groups -OCH3 is 1. The summed E-state index contributed by atoms with van der Waals surface area (Å²) in [5, 5.41) is 9.04. The average Bonchev–Trinajstić information content (AvgIpc) is 2.38. The van der Waals surface area contributed by atoms with Crippen LogP contribution in [0, 0.1) is 23.0 Å². The van der Waals surface area contributed by atoms with Gasteiger partial charge in [-0.3, -0.25) is 0 Å². The number of rotatable bonds is 2. The van der Waals surface area contributed by atoms with Crippen molar-refractivity contribution in [2.75, 3.05) is 18.6 Å². The molecule has 0 saturated carbocycles. The first-order valence-corrected chi connectivity index (χ1v) is 5.35. The van der Waals surface area contributed by atoms with E-state index in [1.165, 1.54) is 0 Å². The molecule has 0 aliphatic rings. The third-order valence-electron chi connectivity index (χ3n) is 2.57. The third-order valence-corrected chi connectivity index (χ3v) is 2.57. The van der Waals surface area contributed by atoms with E-state index in [1.54, 1.807) is 6.07 Å². The lowest BCUT2D eigenvalue weighted by Gasteiger charge is -2.10. The van der Waals surface area contributed by atoms with Gasteiger partial charge in [0.1, 0.15) is 17.5 Å². The van der Waals surface area contributed by atoms with Crippen LogP contribution in [-0.4, -0.2) is 17.1 Å². The zero-order valence-corrected chi connectivity index (χ0v) is 10.3. The number of nitrogens with zero attached hydrogens (tertiary/aromatic N) is 3. The lowest BCUT2D eigenvalue weighted by molar-refractivity contribution is 0.360. The van der Waals surface area contributed by atoms with Gasteiger partial charge in [0.2, 0.25) is 5.95 Å². The summed E-state index contributed by atoms with van der Waals surface area (Å²) >= 11 is 0. The first kappa shape index (κ1) is 13.5. The molecule has 2 rings (SSSR count). The number of nitriles is 1. The van der Waals surface area contributed by atoms with Crippen molar-refractivity contribution in [2.45, 2.75) is 0 Å². The van der Waals surface area contributed by atoms with Crippen molar-refractivity contribution in [3.63, 3.8) is 0 Å². The molecular formula is C12H9F2N5O. The highest BCUT2D eigenvalue weighted by Gasteiger charge is 2.21. The molecule has 0 amide bonds. The first-order chi connectivity index (χ1) is 9.49. The Hall–Kier alpha value is -2.95. The molecule has 0 unspecified atom stereocenters. The van der Waals surface area contributed by atoms with Crippen molar-refractivity contribution in [3.8, 4) is 23.1 Å². The Morgan fingerprint density at radius 1 is 1.25 bits per heavy atom. The van der Waals surface area contributed by atoms with E-state index < -0.39 is 17.4 Å². The molecule has 6 nitrogen and oxygen atoms in total. The Morgan fingerprint density at radius 2 is 1.95 bits per heavy atom. The number of nitrogens with two attached hydrogens (primary N) is 2. The fourth-order valence-electron chi connectivity index (χ4n) is 1.70. The predicted molar refractivity (Wildman–Crippen MR) is 67.5 cm³/mol. The van der Waals surface area contributed by atoms with Crippen molar-refractivity contribution in [1.29, 1.82) is 5.26 Å². The molecule has 0 saturated heterocycles. The van der Waals surface area contributed by atoms with Gasteiger partial charge in [0, 0.05) is 5.56 Å². The summed E-state index contributed by atoms with van der Waals surface area (Å²) in [6, 6.07) is 3.88. The van der Waals surface area contributed by atoms with E-state index in [0.717, 1.165) is 19.2 Å². The summed E-state index contributed by atoms with van der Waals surface area (Å²) in [6.45, 7) is 0. The zero-order valence-electron chi connectivity index (χ0n) is 10.3. The number of ether oxygens (including phenoxy) is 1. The number of nitrogen functional groups attached to an aromatic ring is 2. The van der Waals surface area contributed by atoms with Crippen LogP contribution < -0.4 is 16.2 Å². The van der Waals surface area contributed by atoms with E-state index >= 15 is 0 Å². The average molecular weight is 277 g/mol. The molecule has 0 atom stereocenters. The summed E-state index contributed by atoms with van der Waals surface area (Å²) in [7, 11) is 1.12. The maximum atomic E-state index is 14.2. The maximum Gasteiger partial charge on any atom is 0.222 e. The van der Waals surface area contributed by atoms with Crippen molar-refractivity contribution >= 4 is 11.8 Å². The molecule has 0 aliphatic carbocycles. The molecule has 0 aliphatic heterocycles. The van der Waals surface area contributed by atoms with E-state index in [2.05, 4.69) is 14.7 Å². The maximum absolute atomic E-state index is 14.2. The zero-order chi connectivity index (χ0) is 14.9. The number of hydrogen-bond acceptors (Lipinski definition) is 6. The monoisotopic (exact) mass is 277 g/mol. The van der Waals surface area contributed by atoms with Gasteiger partial charge in [-0.05, 0) is 12.1 Å². The Kier molecular flexibility index (Phi) is 3.35. The van der Waals surface area contributed by atoms with E-state index in [4.69, 9.17) is 16.7 Å². The standard InChI is InChI=1S/C12H9F2N5O/c1-20-10-7(13)3-2-5(8(10)14)9-6(4-15)11(16)19-12(17)18-9/h2-3H,1H3,(H4,16,17,18,19). The molecule has 20 heavy (non-hydrogen) atoms. The van der Waals surface area contributed by atoms with Crippen LogP contribution in [0.2, 0.25) is 0 Å². The summed E-state index contributed by atoms with van der Waals surface area (Å²) < 4.78 is 32.2. The molecule has 1 heterocycles. The number of anilines is 2. The van der Waals surface area contributed by atoms with Gasteiger partial charge in [-0.25, -0.2) is 13.8 Å². The highest BCUT2D eigenvalue weighted by molar-refractivity contribution is 5.74. The molecule has 0 bridgehead atoms. The van der Waals surface area contributed by atoms with Crippen LogP contribution in [0.1, 0.15) is 5.56 Å². The molecule has 8 heteroatoms. The number of aromatic nitrogens is 2. The lowest BCUT2D eigenvalue weighted by atomic mass is 10.1. The van der Waals surface area contributed by atoms with Crippen LogP contribution >= 0.6 is 0 Å². The van der Waals surface area contributed by atoms with E-state index in [0.29, 0.717) is 0 Å². The number of halogens is 2. The Bertz CT molecular complexity index is 727. The molecule has 1 aromatic carbocycles. The summed E-state index contributed by atoms with van der Waals surface area (Å²) in [5.41, 5.74) is 10.6. The van der Waals surface area contributed by atoms with Gasteiger partial charge < -0.3 is 16.2 Å². The van der Waals surface area contributed by atoms with Crippen LogP contribution in [0.3, 0.4) is 0 Å². The number of benzene rings is 1.